The number of hydrogen-bond donors (Lipinski definition) is 3. The van der Waals surface area contributed by atoms with Gasteiger partial charge in [0, 0.05) is 139 Å². The molecule has 0 saturated heterocycles. The van der Waals surface area contributed by atoms with E-state index in [1.54, 1.807) is 128 Å². The quantitative estimate of drug-likeness (QED) is 0.0387. The number of carbonyl (C=O) groups excluding carboxylic acids is 8. The summed E-state index contributed by atoms with van der Waals surface area (Å²) in [6.45, 7) is 11.2. The zero-order valence-electron chi connectivity index (χ0n) is 49.0. The molecule has 0 unspecified atom stereocenters. The van der Waals surface area contributed by atoms with E-state index in [-0.39, 0.29) is 74.0 Å². The third-order valence-electron chi connectivity index (χ3n) is 14.4. The first-order valence-electron chi connectivity index (χ1n) is 27.2. The van der Waals surface area contributed by atoms with Gasteiger partial charge >= 0.3 is 23.6 Å². The largest absolute Gasteiger partial charge is 0.500 e. The second-order valence-electron chi connectivity index (χ2n) is 18.9. The number of nitrogens with zero attached hydrogens (tertiary/aromatic N) is 1. The smallest absolute Gasteiger partial charge is 0.478 e. The minimum absolute atomic E-state index is 0.000666. The predicted molar refractivity (Wildman–Crippen MR) is 324 cm³/mol. The summed E-state index contributed by atoms with van der Waals surface area (Å²) >= 11 is 5.39. The maximum atomic E-state index is 12.8. The van der Waals surface area contributed by atoms with Crippen molar-refractivity contribution >= 4 is 81.0 Å². The van der Waals surface area contributed by atoms with E-state index in [4.69, 9.17) is 49.0 Å². The number of aromatic carboxylic acids is 1. The fourth-order valence-electron chi connectivity index (χ4n) is 9.41. The van der Waals surface area contributed by atoms with Gasteiger partial charge < -0.3 is 47.6 Å². The van der Waals surface area contributed by atoms with Gasteiger partial charge in [0.25, 0.3) is 11.1 Å². The average molecular weight is 1220 g/mol. The van der Waals surface area contributed by atoms with Crippen molar-refractivity contribution in [1.82, 2.24) is 10.2 Å². The van der Waals surface area contributed by atoms with Crippen LogP contribution in [0, 0.1) is 0 Å². The molecular formula is C63H70ClN3O16Si2. The van der Waals surface area contributed by atoms with Crippen LogP contribution in [0.5, 0.6) is 0 Å². The number of benzene rings is 6. The average Bonchev–Trinajstić information content (AvgIpc) is 2.64. The van der Waals surface area contributed by atoms with Gasteiger partial charge in [-0.2, -0.15) is 0 Å². The second-order valence-corrected chi connectivity index (χ2v) is 25.5. The Morgan fingerprint density at radius 3 is 1.02 bits per heavy atom. The number of carboxylic acid groups (broad SMARTS) is 1. The zero-order chi connectivity index (χ0) is 62.6. The van der Waals surface area contributed by atoms with E-state index in [1.807, 2.05) is 0 Å². The molecule has 0 radical (unpaired) electrons. The molecule has 0 saturated carbocycles. The molecule has 0 fully saturated rings. The first kappa shape index (κ1) is 68.1. The maximum Gasteiger partial charge on any atom is 0.500 e. The predicted octanol–water partition coefficient (Wildman–Crippen LogP) is 9.02. The van der Waals surface area contributed by atoms with E-state index < -0.39 is 28.8 Å². The highest BCUT2D eigenvalue weighted by Crippen LogP contribution is 2.31. The van der Waals surface area contributed by atoms with Gasteiger partial charge in [-0.15, -0.1) is 0 Å². The molecule has 4 N–H and O–H groups in total. The molecule has 3 aliphatic rings. The van der Waals surface area contributed by atoms with Gasteiger partial charge in [0.15, 0.2) is 34.7 Å². The number of amides is 1. The molecule has 0 aromatic heterocycles. The number of nitrogens with one attached hydrogen (secondary N) is 1. The van der Waals surface area contributed by atoms with Crippen LogP contribution in [-0.4, -0.2) is 155 Å². The molecule has 0 heterocycles. The Hall–Kier alpha value is -7.65. The summed E-state index contributed by atoms with van der Waals surface area (Å²) < 4.78 is 31.6. The molecule has 85 heavy (non-hydrogen) atoms. The van der Waals surface area contributed by atoms with Gasteiger partial charge in [-0.3, -0.25) is 38.4 Å². The number of nitrogens with two attached hydrogens (primary N) is 1. The first-order chi connectivity index (χ1) is 40.7. The van der Waals surface area contributed by atoms with E-state index in [2.05, 4.69) is 31.0 Å². The number of carbonyl (C=O) groups is 9. The van der Waals surface area contributed by atoms with Gasteiger partial charge in [-0.1, -0.05) is 93.6 Å². The lowest BCUT2D eigenvalue weighted by Gasteiger charge is -2.24. The van der Waals surface area contributed by atoms with Crippen molar-refractivity contribution in [3.63, 3.8) is 0 Å². The molecule has 6 aromatic carbocycles. The maximum absolute atomic E-state index is 12.8. The molecule has 9 rings (SSSR count). The Kier molecular flexibility index (Phi) is 25.7. The Morgan fingerprint density at radius 2 is 0.729 bits per heavy atom. The summed E-state index contributed by atoms with van der Waals surface area (Å²) in [7, 11) is 4.46. The summed E-state index contributed by atoms with van der Waals surface area (Å²) in [5.41, 5.74) is 9.62. The molecule has 19 nitrogen and oxygen atoms in total. The summed E-state index contributed by atoms with van der Waals surface area (Å²) in [5.74, 6) is -2.92. The Bertz CT molecular complexity index is 3300. The molecule has 0 aliphatic heterocycles. The lowest BCUT2D eigenvalue weighted by Crippen LogP contribution is -2.43. The minimum Gasteiger partial charge on any atom is -0.478 e. The molecule has 448 valence electrons. The molecular weight excluding hydrogens is 1150 g/mol. The summed E-state index contributed by atoms with van der Waals surface area (Å²) in [6.07, 6.45) is 1.49. The molecule has 6 aromatic rings. The monoisotopic (exact) mass is 1220 g/mol. The van der Waals surface area contributed by atoms with Crippen molar-refractivity contribution in [3.05, 3.63) is 211 Å². The molecule has 0 bridgehead atoms. The Labute approximate surface area is 501 Å². The molecule has 0 atom stereocenters. The van der Waals surface area contributed by atoms with Crippen LogP contribution < -0.4 is 11.1 Å². The van der Waals surface area contributed by atoms with Crippen molar-refractivity contribution < 1.29 is 74.8 Å². The van der Waals surface area contributed by atoms with E-state index in [1.165, 1.54) is 62.1 Å². The third kappa shape index (κ3) is 16.2. The SMILES string of the molecule is CCN(CC)CC.CO[Si](CCCN)(OC)OC.CO[Si](CCCNC(=O)c1ccc2c(c1)C(=O)c1ccccc1C2=O)(OC)OC.O=C(Cl)c1ccc2c(c1)C(=O)c1ccccc1C2=O.O=C(O)c1ccc2c(c1)C(=O)c1ccccc1C2=O. The van der Waals surface area contributed by atoms with Gasteiger partial charge in [-0.05, 0) is 105 Å². The first-order valence-corrected chi connectivity index (χ1v) is 31.4. The number of hydrogen-bond acceptors (Lipinski definition) is 17. The number of halogens is 1. The minimum atomic E-state index is -2.67. The lowest BCUT2D eigenvalue weighted by molar-refractivity contribution is 0.0695. The van der Waals surface area contributed by atoms with Crippen LogP contribution in [0.4, 0.5) is 0 Å². The van der Waals surface area contributed by atoms with Crippen LogP contribution in [-0.2, 0) is 26.6 Å². The summed E-state index contributed by atoms with van der Waals surface area (Å²) in [6, 6.07) is 34.1. The summed E-state index contributed by atoms with van der Waals surface area (Å²) in [4.78, 5) is 111. The summed E-state index contributed by atoms with van der Waals surface area (Å²) in [5, 5.41) is 11.1. The highest BCUT2D eigenvalue weighted by molar-refractivity contribution is 6.67. The van der Waals surface area contributed by atoms with Gasteiger partial charge in [0.05, 0.1) is 5.56 Å². The van der Waals surface area contributed by atoms with Gasteiger partial charge in [-0.25, -0.2) is 4.79 Å². The molecule has 22 heteroatoms. The number of ketones is 6. The lowest BCUT2D eigenvalue weighted by atomic mass is 9.83. The standard InChI is InChI=1S/C21H23NO6Si.C15H7ClO3.C15H8O4.C6H17NO3Si.C6H15N/c1-26-29(27-2,28-3)12-6-11-22-21(25)14-9-10-17-18(13-14)20(24)16-8-5-4-7-15(16)19(17)23;16-15(19)8-5-6-11-12(7-8)14(18)10-4-2-1-3-9(10)13(11)17;16-13-9-3-1-2-4-10(9)14(17)12-7-8(15(18)19)5-6-11(12)13;1-8-11(9-2,10-3)6-4-5-7;1-4-7(5-2)6-3/h4-5,7-10,13H,6,11-12H2,1-3H3,(H,22,25);1-7H;1-7H,(H,18,19);4-7H2,1-3H3;4-6H2,1-3H3. The van der Waals surface area contributed by atoms with Crippen molar-refractivity contribution in [1.29, 1.82) is 0 Å². The van der Waals surface area contributed by atoms with Crippen LogP contribution in [0.2, 0.25) is 12.1 Å². The normalized spacial score (nSPS) is 12.6. The van der Waals surface area contributed by atoms with Crippen molar-refractivity contribution in [2.45, 2.75) is 45.7 Å². The number of rotatable bonds is 19. The van der Waals surface area contributed by atoms with E-state index >= 15 is 0 Å². The highest BCUT2D eigenvalue weighted by Gasteiger charge is 2.38. The number of fused-ring (bicyclic) bond motifs is 6. The Morgan fingerprint density at radius 1 is 0.447 bits per heavy atom. The van der Waals surface area contributed by atoms with Crippen molar-refractivity contribution in [2.24, 2.45) is 5.73 Å². The number of carboxylic acids is 1. The van der Waals surface area contributed by atoms with Crippen molar-refractivity contribution in [3.8, 4) is 0 Å². The Balaban J connectivity index is 0.000000208. The molecule has 0 spiro atoms. The van der Waals surface area contributed by atoms with Crippen LogP contribution in [0.25, 0.3) is 0 Å². The van der Waals surface area contributed by atoms with Crippen LogP contribution in [0.1, 0.15) is 160 Å². The van der Waals surface area contributed by atoms with Gasteiger partial charge in [0.2, 0.25) is 0 Å². The fourth-order valence-corrected chi connectivity index (χ4v) is 13.0. The van der Waals surface area contributed by atoms with E-state index in [9.17, 15) is 43.2 Å². The third-order valence-corrected chi connectivity index (χ3v) is 20.2. The van der Waals surface area contributed by atoms with Crippen LogP contribution in [0.15, 0.2) is 127 Å². The highest BCUT2D eigenvalue weighted by atomic mass is 35.5. The topological polar surface area (TPSA) is 271 Å². The van der Waals surface area contributed by atoms with E-state index in [0.29, 0.717) is 75.6 Å². The van der Waals surface area contributed by atoms with Crippen LogP contribution >= 0.6 is 11.6 Å². The van der Waals surface area contributed by atoms with Crippen LogP contribution in [0.3, 0.4) is 0 Å². The van der Waals surface area contributed by atoms with Crippen molar-refractivity contribution in [2.75, 3.05) is 75.4 Å². The second kappa shape index (κ2) is 32.0. The molecule has 1 amide bonds. The zero-order valence-corrected chi connectivity index (χ0v) is 51.7. The molecule has 3 aliphatic carbocycles. The fraction of sp³-hybridized carbons (Fsp3) is 0.286. The van der Waals surface area contributed by atoms with Gasteiger partial charge in [0.1, 0.15) is 0 Å². The van der Waals surface area contributed by atoms with E-state index in [0.717, 1.165) is 12.5 Å².